The molecule has 0 unspecified atom stereocenters. The van der Waals surface area contributed by atoms with Gasteiger partial charge in [0.2, 0.25) is 11.8 Å². The third kappa shape index (κ3) is 5.77. The van der Waals surface area contributed by atoms with Crippen molar-refractivity contribution in [3.63, 3.8) is 0 Å². The molecule has 2 aromatic carbocycles. The predicted octanol–water partition coefficient (Wildman–Crippen LogP) is 5.87. The molecule has 0 fully saturated rings. The number of carbonyl (C=O) groups excluding carboxylic acids is 2. The number of hydrogen-bond donors (Lipinski definition) is 1. The number of amides is 2. The van der Waals surface area contributed by atoms with E-state index in [9.17, 15) is 9.59 Å². The fraction of sp³-hybridized carbons (Fsp3) is 0.433. The van der Waals surface area contributed by atoms with Crippen molar-refractivity contribution >= 4 is 29.4 Å². The minimum Gasteiger partial charge on any atom is -0.352 e. The first-order chi connectivity index (χ1) is 17.5. The Morgan fingerprint density at radius 1 is 1.14 bits per heavy atom. The Kier molecular flexibility index (Phi) is 7.83. The number of aromatic nitrogens is 2. The van der Waals surface area contributed by atoms with Gasteiger partial charge in [0.25, 0.3) is 0 Å². The summed E-state index contributed by atoms with van der Waals surface area (Å²) in [6, 6.07) is 16.6. The second-order valence-electron chi connectivity index (χ2n) is 11.0. The Labute approximate surface area is 224 Å². The normalized spacial score (nSPS) is 16.8. The van der Waals surface area contributed by atoms with Crippen molar-refractivity contribution in [1.29, 1.82) is 0 Å². The molecule has 1 aliphatic heterocycles. The van der Waals surface area contributed by atoms with E-state index < -0.39 is 0 Å². The highest BCUT2D eigenvalue weighted by Crippen LogP contribution is 2.48. The summed E-state index contributed by atoms with van der Waals surface area (Å²) < 4.78 is 1.87. The van der Waals surface area contributed by atoms with Gasteiger partial charge in [-0.15, -0.1) is 11.8 Å². The average molecular weight is 519 g/mol. The standard InChI is InChI=1S/C30H38N4O2S/c1-8-21(4)31-24(35)17-33-25(36)18-37-27(22-11-9-10-20(3)16-22)26-28(30(5,6)7)32-34(29(26)33)23-14-12-19(2)13-15-23/h9-16,21,27H,8,17-18H2,1-7H3,(H,31,35)/t21-,27-/m0/s1. The fourth-order valence-corrected chi connectivity index (χ4v) is 5.79. The van der Waals surface area contributed by atoms with Gasteiger partial charge in [0, 0.05) is 17.0 Å². The van der Waals surface area contributed by atoms with Crippen LogP contribution in [0.1, 0.15) is 74.2 Å². The van der Waals surface area contributed by atoms with Crippen molar-refractivity contribution in [2.45, 2.75) is 71.6 Å². The predicted molar refractivity (Wildman–Crippen MR) is 153 cm³/mol. The van der Waals surface area contributed by atoms with Gasteiger partial charge in [0.15, 0.2) is 0 Å². The van der Waals surface area contributed by atoms with Crippen LogP contribution in [-0.2, 0) is 15.0 Å². The highest BCUT2D eigenvalue weighted by Gasteiger charge is 2.40. The summed E-state index contributed by atoms with van der Waals surface area (Å²) in [6.45, 7) is 14.6. The van der Waals surface area contributed by atoms with Crippen LogP contribution in [0, 0.1) is 13.8 Å². The molecule has 196 valence electrons. The number of nitrogens with zero attached hydrogens (tertiary/aromatic N) is 3. The van der Waals surface area contributed by atoms with Crippen LogP contribution in [0.2, 0.25) is 0 Å². The zero-order valence-electron chi connectivity index (χ0n) is 23.0. The van der Waals surface area contributed by atoms with E-state index in [4.69, 9.17) is 5.10 Å². The Balaban J connectivity index is 1.98. The van der Waals surface area contributed by atoms with Crippen LogP contribution in [0.25, 0.3) is 5.69 Å². The van der Waals surface area contributed by atoms with Gasteiger partial charge in [-0.1, -0.05) is 75.2 Å². The molecule has 4 rings (SSSR count). The van der Waals surface area contributed by atoms with E-state index >= 15 is 0 Å². The van der Waals surface area contributed by atoms with Crippen LogP contribution >= 0.6 is 11.8 Å². The third-order valence-corrected chi connectivity index (χ3v) is 8.00. The SMILES string of the molecule is CC[C@H](C)NC(=O)CN1C(=O)CS[C@@H](c2cccc(C)c2)c2c(C(C)(C)C)nn(-c3ccc(C)cc3)c21. The molecule has 7 heteroatoms. The molecule has 1 aromatic heterocycles. The molecule has 2 atom stereocenters. The fourth-order valence-electron chi connectivity index (χ4n) is 4.60. The Morgan fingerprint density at radius 2 is 1.84 bits per heavy atom. The summed E-state index contributed by atoms with van der Waals surface area (Å²) in [7, 11) is 0. The number of hydrogen-bond acceptors (Lipinski definition) is 4. The number of carbonyl (C=O) groups is 2. The molecule has 0 saturated heterocycles. The van der Waals surface area contributed by atoms with E-state index in [1.54, 1.807) is 16.7 Å². The van der Waals surface area contributed by atoms with Crippen LogP contribution in [0.5, 0.6) is 0 Å². The average Bonchev–Trinajstić information content (AvgIpc) is 3.17. The number of aryl methyl sites for hydroxylation is 2. The van der Waals surface area contributed by atoms with Gasteiger partial charge in [-0.3, -0.25) is 14.5 Å². The molecule has 1 N–H and O–H groups in total. The Morgan fingerprint density at radius 3 is 2.46 bits per heavy atom. The van der Waals surface area contributed by atoms with E-state index in [1.165, 1.54) is 5.56 Å². The molecule has 0 spiro atoms. The first-order valence-corrected chi connectivity index (χ1v) is 14.0. The van der Waals surface area contributed by atoms with Crippen molar-refractivity contribution in [2.24, 2.45) is 0 Å². The summed E-state index contributed by atoms with van der Waals surface area (Å²) in [5.41, 5.74) is 5.98. The molecule has 3 aromatic rings. The summed E-state index contributed by atoms with van der Waals surface area (Å²) in [5, 5.41) is 8.10. The zero-order chi connectivity index (χ0) is 26.9. The molecule has 6 nitrogen and oxygen atoms in total. The lowest BCUT2D eigenvalue weighted by Gasteiger charge is -2.25. The lowest BCUT2D eigenvalue weighted by molar-refractivity contribution is -0.123. The highest BCUT2D eigenvalue weighted by atomic mass is 32.2. The topological polar surface area (TPSA) is 67.2 Å². The highest BCUT2D eigenvalue weighted by molar-refractivity contribution is 8.00. The monoisotopic (exact) mass is 518 g/mol. The van der Waals surface area contributed by atoms with E-state index in [0.29, 0.717) is 5.82 Å². The van der Waals surface area contributed by atoms with E-state index in [0.717, 1.165) is 34.5 Å². The molecule has 37 heavy (non-hydrogen) atoms. The lowest BCUT2D eigenvalue weighted by Crippen LogP contribution is -2.44. The number of anilines is 1. The van der Waals surface area contributed by atoms with E-state index in [-0.39, 0.29) is 40.8 Å². The third-order valence-electron chi connectivity index (χ3n) is 6.74. The van der Waals surface area contributed by atoms with Crippen molar-refractivity contribution in [3.05, 3.63) is 76.5 Å². The van der Waals surface area contributed by atoms with Gasteiger partial charge in [-0.2, -0.15) is 5.10 Å². The molecule has 0 bridgehead atoms. The van der Waals surface area contributed by atoms with E-state index in [1.807, 2.05) is 49.7 Å². The van der Waals surface area contributed by atoms with Gasteiger partial charge in [-0.25, -0.2) is 4.68 Å². The van der Waals surface area contributed by atoms with Crippen LogP contribution in [-0.4, -0.2) is 39.9 Å². The van der Waals surface area contributed by atoms with Crippen LogP contribution < -0.4 is 10.2 Å². The minimum absolute atomic E-state index is 0.0376. The zero-order valence-corrected chi connectivity index (χ0v) is 23.8. The molecule has 0 saturated carbocycles. The summed E-state index contributed by atoms with van der Waals surface area (Å²) in [5.74, 6) is 0.715. The second-order valence-corrected chi connectivity index (χ2v) is 12.1. The largest absolute Gasteiger partial charge is 0.352 e. The summed E-state index contributed by atoms with van der Waals surface area (Å²) in [6.07, 6.45) is 0.825. The quantitative estimate of drug-likeness (QED) is 0.443. The number of benzene rings is 2. The molecule has 2 heterocycles. The van der Waals surface area contributed by atoms with Gasteiger partial charge in [0.05, 0.1) is 22.4 Å². The van der Waals surface area contributed by atoms with Gasteiger partial charge in [-0.05, 0) is 44.9 Å². The van der Waals surface area contributed by atoms with Gasteiger partial charge < -0.3 is 5.32 Å². The smallest absolute Gasteiger partial charge is 0.240 e. The Bertz CT molecular complexity index is 1290. The number of fused-ring (bicyclic) bond motifs is 1. The maximum Gasteiger partial charge on any atom is 0.240 e. The number of rotatable bonds is 6. The number of thioether (sulfide) groups is 1. The maximum absolute atomic E-state index is 13.7. The first kappa shape index (κ1) is 27.0. The van der Waals surface area contributed by atoms with Crippen molar-refractivity contribution in [1.82, 2.24) is 15.1 Å². The van der Waals surface area contributed by atoms with Crippen LogP contribution in [0.3, 0.4) is 0 Å². The van der Waals surface area contributed by atoms with Crippen molar-refractivity contribution in [2.75, 3.05) is 17.2 Å². The maximum atomic E-state index is 13.7. The lowest BCUT2D eigenvalue weighted by atomic mass is 9.87. The second kappa shape index (κ2) is 10.7. The molecule has 0 radical (unpaired) electrons. The van der Waals surface area contributed by atoms with Crippen molar-refractivity contribution in [3.8, 4) is 5.69 Å². The van der Waals surface area contributed by atoms with Gasteiger partial charge in [0.1, 0.15) is 12.4 Å². The molecule has 2 amide bonds. The summed E-state index contributed by atoms with van der Waals surface area (Å²) >= 11 is 1.61. The first-order valence-electron chi connectivity index (χ1n) is 13.0. The number of nitrogens with one attached hydrogen (secondary N) is 1. The van der Waals surface area contributed by atoms with Crippen molar-refractivity contribution < 1.29 is 9.59 Å². The molecule has 1 aliphatic rings. The summed E-state index contributed by atoms with van der Waals surface area (Å²) in [4.78, 5) is 28.4. The molecular formula is C30H38N4O2S. The van der Waals surface area contributed by atoms with Crippen LogP contribution in [0.15, 0.2) is 48.5 Å². The van der Waals surface area contributed by atoms with E-state index in [2.05, 4.69) is 57.3 Å². The minimum atomic E-state index is -0.277. The van der Waals surface area contributed by atoms with Crippen LogP contribution in [0.4, 0.5) is 5.82 Å². The molecular weight excluding hydrogens is 480 g/mol. The molecule has 0 aliphatic carbocycles. The Hall–Kier alpha value is -3.06. The van der Waals surface area contributed by atoms with Gasteiger partial charge >= 0.3 is 0 Å².